The van der Waals surface area contributed by atoms with Gasteiger partial charge in [0.1, 0.15) is 58.7 Å². The largest absolute Gasteiger partial charge is 0.508 e. The number of ether oxygens (including phenoxy) is 6. The molecule has 0 amide bonds. The Morgan fingerprint density at radius 2 is 1.47 bits per heavy atom. The van der Waals surface area contributed by atoms with Gasteiger partial charge in [-0.25, -0.2) is 0 Å². The van der Waals surface area contributed by atoms with Crippen LogP contribution in [0.3, 0.4) is 0 Å². The van der Waals surface area contributed by atoms with Crippen LogP contribution in [-0.4, -0.2) is 112 Å². The Morgan fingerprint density at radius 3 is 2.08 bits per heavy atom. The van der Waals surface area contributed by atoms with E-state index in [1.54, 1.807) is 0 Å². The molecule has 5 rings (SSSR count). The van der Waals surface area contributed by atoms with Gasteiger partial charge < -0.3 is 73.7 Å². The summed E-state index contributed by atoms with van der Waals surface area (Å²) in [6, 6.07) is 10.3. The second kappa shape index (κ2) is 14.8. The van der Waals surface area contributed by atoms with Crippen molar-refractivity contribution in [2.24, 2.45) is 0 Å². The molecule has 4 aromatic rings. The number of aliphatic hydroxyl groups excluding tert-OH is 5. The summed E-state index contributed by atoms with van der Waals surface area (Å²) in [5.74, 6) is -0.960. The molecule has 8 N–H and O–H groups in total. The van der Waals surface area contributed by atoms with Crippen LogP contribution in [0, 0.1) is 0 Å². The first-order valence-electron chi connectivity index (χ1n) is 14.8. The third kappa shape index (κ3) is 7.02. The van der Waals surface area contributed by atoms with Crippen molar-refractivity contribution in [1.82, 2.24) is 0 Å². The molecule has 16 nitrogen and oxygen atoms in total. The number of rotatable bonds is 12. The van der Waals surface area contributed by atoms with Crippen LogP contribution in [0.4, 0.5) is 0 Å². The number of phenols is 3. The Kier molecular flexibility index (Phi) is 10.7. The molecule has 1 saturated heterocycles. The number of hydrogen-bond acceptors (Lipinski definition) is 16. The predicted molar refractivity (Wildman–Crippen MR) is 168 cm³/mol. The molecular formula is C33H36O16. The molecule has 0 unspecified atom stereocenters. The van der Waals surface area contributed by atoms with Crippen LogP contribution < -0.4 is 24.4 Å². The van der Waals surface area contributed by atoms with Crippen molar-refractivity contribution >= 4 is 11.0 Å². The summed E-state index contributed by atoms with van der Waals surface area (Å²) < 4.78 is 40.1. The third-order valence-corrected chi connectivity index (χ3v) is 7.99. The Balaban J connectivity index is 1.56. The number of benzene rings is 3. The number of aromatic hydroxyl groups is 3. The molecule has 0 radical (unpaired) electrons. The van der Waals surface area contributed by atoms with Crippen molar-refractivity contribution in [3.05, 3.63) is 64.3 Å². The topological polar surface area (TPSA) is 247 Å². The van der Waals surface area contributed by atoms with Gasteiger partial charge in [-0.1, -0.05) is 6.07 Å². The molecule has 0 bridgehead atoms. The third-order valence-electron chi connectivity index (χ3n) is 7.99. The molecule has 1 fully saturated rings. The quantitative estimate of drug-likeness (QED) is 0.103. The van der Waals surface area contributed by atoms with E-state index in [0.29, 0.717) is 0 Å². The molecule has 3 aromatic carbocycles. The van der Waals surface area contributed by atoms with Crippen molar-refractivity contribution in [3.63, 3.8) is 0 Å². The predicted octanol–water partition coefficient (Wildman–Crippen LogP) is 0.900. The van der Waals surface area contributed by atoms with Crippen molar-refractivity contribution in [2.45, 2.75) is 42.9 Å². The van der Waals surface area contributed by atoms with Crippen LogP contribution in [0.1, 0.15) is 11.7 Å². The van der Waals surface area contributed by atoms with Crippen molar-refractivity contribution in [2.75, 3.05) is 34.5 Å². The Bertz CT molecular complexity index is 1810. The number of hydrogen-bond donors (Lipinski definition) is 8. The van der Waals surface area contributed by atoms with Gasteiger partial charge in [-0.2, -0.15) is 0 Å². The summed E-state index contributed by atoms with van der Waals surface area (Å²) in [4.78, 5) is 12.9. The number of methoxy groups -OCH3 is 3. The molecule has 264 valence electrons. The van der Waals surface area contributed by atoms with E-state index in [0.717, 1.165) is 12.1 Å². The van der Waals surface area contributed by atoms with E-state index in [1.807, 2.05) is 0 Å². The normalized spacial score (nSPS) is 22.0. The van der Waals surface area contributed by atoms with Crippen LogP contribution in [0.15, 0.2) is 57.7 Å². The van der Waals surface area contributed by atoms with Gasteiger partial charge in [0.15, 0.2) is 40.8 Å². The highest BCUT2D eigenvalue weighted by atomic mass is 16.7. The zero-order valence-electron chi connectivity index (χ0n) is 26.4. The van der Waals surface area contributed by atoms with Gasteiger partial charge in [0.05, 0.1) is 34.5 Å². The van der Waals surface area contributed by atoms with Crippen LogP contribution in [0.25, 0.3) is 22.3 Å². The van der Waals surface area contributed by atoms with E-state index in [1.165, 1.54) is 57.7 Å². The molecule has 0 aliphatic carbocycles. The van der Waals surface area contributed by atoms with E-state index in [9.17, 15) is 45.6 Å². The first-order valence-corrected chi connectivity index (χ1v) is 14.8. The molecular weight excluding hydrogens is 652 g/mol. The van der Waals surface area contributed by atoms with Crippen LogP contribution in [0.5, 0.6) is 40.2 Å². The Labute approximate surface area is 278 Å². The summed E-state index contributed by atoms with van der Waals surface area (Å²) in [7, 11) is 3.95. The lowest BCUT2D eigenvalue weighted by molar-refractivity contribution is -0.318. The molecule has 7 atom stereocenters. The number of phenolic OH excluding ortho intramolecular Hbond substituents is 3. The Hall–Kier alpha value is -4.81. The average Bonchev–Trinajstić information content (AvgIpc) is 3.09. The summed E-state index contributed by atoms with van der Waals surface area (Å²) in [6.45, 7) is -1.46. The van der Waals surface area contributed by atoms with Gasteiger partial charge in [0, 0.05) is 23.8 Å². The lowest BCUT2D eigenvalue weighted by atomic mass is 9.98. The van der Waals surface area contributed by atoms with Gasteiger partial charge in [0.2, 0.25) is 5.75 Å². The van der Waals surface area contributed by atoms with E-state index < -0.39 is 67.3 Å². The zero-order valence-corrected chi connectivity index (χ0v) is 26.4. The maximum atomic E-state index is 12.9. The van der Waals surface area contributed by atoms with Crippen LogP contribution in [0.2, 0.25) is 0 Å². The molecule has 16 heteroatoms. The molecule has 0 spiro atoms. The van der Waals surface area contributed by atoms with E-state index in [-0.39, 0.29) is 62.4 Å². The Morgan fingerprint density at radius 1 is 0.796 bits per heavy atom. The second-order valence-electron chi connectivity index (χ2n) is 11.0. The summed E-state index contributed by atoms with van der Waals surface area (Å²) in [6.07, 6.45) is -10.9. The molecule has 2 heterocycles. The fourth-order valence-corrected chi connectivity index (χ4v) is 5.46. The van der Waals surface area contributed by atoms with E-state index in [2.05, 4.69) is 0 Å². The van der Waals surface area contributed by atoms with Gasteiger partial charge in [-0.05, 0) is 29.8 Å². The molecule has 1 aliphatic rings. The number of fused-ring (bicyclic) bond motifs is 1. The summed E-state index contributed by atoms with van der Waals surface area (Å²) in [5.41, 5.74) is -0.175. The highest BCUT2D eigenvalue weighted by Crippen LogP contribution is 2.44. The van der Waals surface area contributed by atoms with Gasteiger partial charge in [-0.15, -0.1) is 0 Å². The minimum Gasteiger partial charge on any atom is -0.508 e. The molecule has 1 aliphatic heterocycles. The number of aliphatic hydroxyl groups is 5. The maximum Gasteiger partial charge on any atom is 0.204 e. The van der Waals surface area contributed by atoms with Gasteiger partial charge >= 0.3 is 0 Å². The maximum absolute atomic E-state index is 12.9. The fourth-order valence-electron chi connectivity index (χ4n) is 5.46. The SMILES string of the molecule is COc1cc([C@H](O[C@H]2O[C@@H](CO)[C@H](O)[C@@H](O)[C@@H]2O)[C@@H](CO)Oc2c(OC)cc(-c3cc(=O)c4c(O)cc(O)cc4o3)cc2OC)ccc1O. The molecule has 49 heavy (non-hydrogen) atoms. The first kappa shape index (κ1) is 35.5. The molecule has 0 saturated carbocycles. The minimum absolute atomic E-state index is 0.0179. The minimum atomic E-state index is -1.80. The lowest BCUT2D eigenvalue weighted by Crippen LogP contribution is -2.59. The van der Waals surface area contributed by atoms with E-state index in [4.69, 9.17) is 32.8 Å². The van der Waals surface area contributed by atoms with Gasteiger partial charge in [-0.3, -0.25) is 4.79 Å². The van der Waals surface area contributed by atoms with Gasteiger partial charge in [0.25, 0.3) is 0 Å². The highest BCUT2D eigenvalue weighted by Gasteiger charge is 2.46. The second-order valence-corrected chi connectivity index (χ2v) is 11.0. The first-order chi connectivity index (χ1) is 23.4. The van der Waals surface area contributed by atoms with Crippen molar-refractivity contribution < 1.29 is 73.7 Å². The van der Waals surface area contributed by atoms with Crippen molar-refractivity contribution in [3.8, 4) is 51.6 Å². The molecule has 1 aromatic heterocycles. The van der Waals surface area contributed by atoms with E-state index >= 15 is 0 Å². The van der Waals surface area contributed by atoms with Crippen LogP contribution >= 0.6 is 0 Å². The van der Waals surface area contributed by atoms with Crippen LogP contribution in [-0.2, 0) is 9.47 Å². The smallest absolute Gasteiger partial charge is 0.204 e. The monoisotopic (exact) mass is 688 g/mol. The average molecular weight is 689 g/mol. The lowest BCUT2D eigenvalue weighted by Gasteiger charge is -2.41. The fraction of sp³-hybridized carbons (Fsp3) is 0.364. The standard InChI is InChI=1S/C33H36O16/c1-43-21-6-14(4-5-17(21)37)31(49-33-30(42)29(41)28(40)25(12-34)48-33)26(13-35)47-32-23(44-2)7-15(8-24(32)45-3)20-11-19(39)27-18(38)9-16(36)10-22(27)46-20/h4-11,25-26,28-31,33-38,40-42H,12-13H2,1-3H3/t25-,26+,28-,29+,30-,31-,33+/m0/s1. The highest BCUT2D eigenvalue weighted by molar-refractivity contribution is 5.86. The zero-order chi connectivity index (χ0) is 35.6. The summed E-state index contributed by atoms with van der Waals surface area (Å²) in [5, 5.41) is 81.8. The summed E-state index contributed by atoms with van der Waals surface area (Å²) >= 11 is 0. The van der Waals surface area contributed by atoms with Crippen molar-refractivity contribution in [1.29, 1.82) is 0 Å².